The molecular formula is C9H15N3O5S2. The number of rotatable bonds is 7. The zero-order chi connectivity index (χ0) is 14.6. The topological polar surface area (TPSA) is 125 Å². The average Bonchev–Trinajstić information content (AvgIpc) is 2.70. The fraction of sp³-hybridized carbons (Fsp3) is 0.556. The Kier molecular flexibility index (Phi) is 5.23. The number of thiophene rings is 1. The van der Waals surface area contributed by atoms with Gasteiger partial charge in [0.2, 0.25) is 10.0 Å². The van der Waals surface area contributed by atoms with Gasteiger partial charge in [0.15, 0.2) is 5.00 Å². The molecule has 19 heavy (non-hydrogen) atoms. The van der Waals surface area contributed by atoms with E-state index in [1.807, 2.05) is 6.92 Å². The number of sulfonamides is 1. The van der Waals surface area contributed by atoms with Crippen molar-refractivity contribution in [3.05, 3.63) is 16.2 Å². The standard InChI is InChI=1S/C9H15N3O5S2/c1-6(5-17-2)4-11-19(15,16)8-3-7(12(13)14)9(10)18-8/h3,6,11H,4-5,10H2,1-2H3. The summed E-state index contributed by atoms with van der Waals surface area (Å²) >= 11 is 0.669. The van der Waals surface area contributed by atoms with E-state index >= 15 is 0 Å². The largest absolute Gasteiger partial charge is 0.385 e. The van der Waals surface area contributed by atoms with E-state index in [1.165, 1.54) is 7.11 Å². The van der Waals surface area contributed by atoms with Crippen molar-refractivity contribution < 1.29 is 18.1 Å². The minimum absolute atomic E-state index is 0.00734. The van der Waals surface area contributed by atoms with Crippen molar-refractivity contribution >= 4 is 32.0 Å². The molecule has 0 amide bonds. The van der Waals surface area contributed by atoms with Crippen LogP contribution >= 0.6 is 11.3 Å². The zero-order valence-corrected chi connectivity index (χ0v) is 12.1. The predicted molar refractivity (Wildman–Crippen MR) is 71.6 cm³/mol. The highest BCUT2D eigenvalue weighted by molar-refractivity contribution is 7.91. The van der Waals surface area contributed by atoms with E-state index in [2.05, 4.69) is 4.72 Å². The molecule has 1 atom stereocenters. The third kappa shape index (κ3) is 4.13. The maximum atomic E-state index is 11.9. The molecule has 3 N–H and O–H groups in total. The van der Waals surface area contributed by atoms with Gasteiger partial charge in [0.1, 0.15) is 4.21 Å². The van der Waals surface area contributed by atoms with Crippen LogP contribution in [0.1, 0.15) is 6.92 Å². The molecule has 0 aliphatic carbocycles. The lowest BCUT2D eigenvalue weighted by Crippen LogP contribution is -2.29. The van der Waals surface area contributed by atoms with Crippen LogP contribution in [-0.4, -0.2) is 33.6 Å². The first-order valence-electron chi connectivity index (χ1n) is 5.30. The molecule has 0 spiro atoms. The van der Waals surface area contributed by atoms with Gasteiger partial charge in [-0.05, 0) is 5.92 Å². The van der Waals surface area contributed by atoms with Crippen LogP contribution in [0.3, 0.4) is 0 Å². The Morgan fingerprint density at radius 1 is 1.63 bits per heavy atom. The van der Waals surface area contributed by atoms with Gasteiger partial charge < -0.3 is 10.5 Å². The molecule has 0 radical (unpaired) electrons. The Bertz CT molecular complexity index is 554. The molecule has 1 rings (SSSR count). The highest BCUT2D eigenvalue weighted by Gasteiger charge is 2.24. The van der Waals surface area contributed by atoms with Gasteiger partial charge in [-0.1, -0.05) is 18.3 Å². The van der Waals surface area contributed by atoms with Crippen LogP contribution in [0.15, 0.2) is 10.3 Å². The van der Waals surface area contributed by atoms with Crippen molar-refractivity contribution in [2.24, 2.45) is 5.92 Å². The highest BCUT2D eigenvalue weighted by Crippen LogP contribution is 2.34. The molecule has 0 aromatic carbocycles. The molecule has 1 unspecified atom stereocenters. The molecule has 0 saturated heterocycles. The molecule has 1 heterocycles. The van der Waals surface area contributed by atoms with Gasteiger partial charge in [-0.3, -0.25) is 10.1 Å². The summed E-state index contributed by atoms with van der Waals surface area (Å²) in [7, 11) is -2.26. The fourth-order valence-electron chi connectivity index (χ4n) is 1.31. The summed E-state index contributed by atoms with van der Waals surface area (Å²) in [5.41, 5.74) is 5.01. The van der Waals surface area contributed by atoms with Gasteiger partial charge in [-0.25, -0.2) is 13.1 Å². The summed E-state index contributed by atoms with van der Waals surface area (Å²) in [5.74, 6) is -0.00734. The predicted octanol–water partition coefficient (Wildman–Crippen LogP) is 0.799. The van der Waals surface area contributed by atoms with Gasteiger partial charge >= 0.3 is 5.69 Å². The van der Waals surface area contributed by atoms with Crippen molar-refractivity contribution in [1.29, 1.82) is 0 Å². The van der Waals surface area contributed by atoms with E-state index in [0.29, 0.717) is 17.9 Å². The van der Waals surface area contributed by atoms with Gasteiger partial charge in [0.05, 0.1) is 4.92 Å². The van der Waals surface area contributed by atoms with Crippen LogP contribution in [0.25, 0.3) is 0 Å². The van der Waals surface area contributed by atoms with Gasteiger partial charge in [-0.2, -0.15) is 0 Å². The molecule has 0 saturated carbocycles. The molecule has 0 fully saturated rings. The van der Waals surface area contributed by atoms with E-state index in [9.17, 15) is 18.5 Å². The number of ether oxygens (including phenoxy) is 1. The summed E-state index contributed by atoms with van der Waals surface area (Å²) in [6, 6.07) is 0.962. The van der Waals surface area contributed by atoms with E-state index in [4.69, 9.17) is 10.5 Å². The Balaban J connectivity index is 2.83. The van der Waals surface area contributed by atoms with Crippen molar-refractivity contribution in [2.45, 2.75) is 11.1 Å². The monoisotopic (exact) mass is 309 g/mol. The van der Waals surface area contributed by atoms with Crippen molar-refractivity contribution in [1.82, 2.24) is 4.72 Å². The van der Waals surface area contributed by atoms with Crippen LogP contribution in [0.5, 0.6) is 0 Å². The number of nitrogens with two attached hydrogens (primary N) is 1. The summed E-state index contributed by atoms with van der Waals surface area (Å²) in [4.78, 5) is 9.90. The van der Waals surface area contributed by atoms with Crippen LogP contribution in [0.2, 0.25) is 0 Å². The number of nitro groups is 1. The van der Waals surface area contributed by atoms with Gasteiger partial charge in [0, 0.05) is 26.3 Å². The lowest BCUT2D eigenvalue weighted by molar-refractivity contribution is -0.383. The van der Waals surface area contributed by atoms with E-state index in [0.717, 1.165) is 6.07 Å². The first-order valence-corrected chi connectivity index (χ1v) is 7.60. The maximum absolute atomic E-state index is 11.9. The Hall–Kier alpha value is -1.23. The Labute approximate surface area is 114 Å². The molecule has 0 bridgehead atoms. The number of nitrogen functional groups attached to an aromatic ring is 1. The smallest absolute Gasteiger partial charge is 0.304 e. The fourth-order valence-corrected chi connectivity index (χ4v) is 3.74. The van der Waals surface area contributed by atoms with Crippen molar-refractivity contribution in [2.75, 3.05) is 26.0 Å². The molecule has 10 heteroatoms. The highest BCUT2D eigenvalue weighted by atomic mass is 32.2. The average molecular weight is 309 g/mol. The quantitative estimate of drug-likeness (QED) is 0.567. The number of methoxy groups -OCH3 is 1. The van der Waals surface area contributed by atoms with Crippen LogP contribution in [-0.2, 0) is 14.8 Å². The molecule has 108 valence electrons. The van der Waals surface area contributed by atoms with Crippen LogP contribution in [0.4, 0.5) is 10.7 Å². The number of hydrogen-bond donors (Lipinski definition) is 2. The Morgan fingerprint density at radius 3 is 2.74 bits per heavy atom. The minimum Gasteiger partial charge on any atom is -0.385 e. The van der Waals surface area contributed by atoms with E-state index in [-0.39, 0.29) is 21.7 Å². The SMILES string of the molecule is COCC(C)CNS(=O)(=O)c1cc([N+](=O)[O-])c(N)s1. The Morgan fingerprint density at radius 2 is 2.26 bits per heavy atom. The second kappa shape index (κ2) is 6.28. The third-order valence-corrected chi connectivity index (χ3v) is 5.10. The molecule has 1 aromatic heterocycles. The minimum atomic E-state index is -3.78. The van der Waals surface area contributed by atoms with E-state index < -0.39 is 20.6 Å². The molecule has 1 aromatic rings. The second-order valence-electron chi connectivity index (χ2n) is 3.98. The van der Waals surface area contributed by atoms with Crippen LogP contribution < -0.4 is 10.5 Å². The molecular weight excluding hydrogens is 294 g/mol. The normalized spacial score (nSPS) is 13.4. The molecule has 0 aliphatic rings. The summed E-state index contributed by atoms with van der Waals surface area (Å²) in [6.45, 7) is 2.41. The number of nitrogens with one attached hydrogen (secondary N) is 1. The maximum Gasteiger partial charge on any atom is 0.304 e. The lowest BCUT2D eigenvalue weighted by Gasteiger charge is -2.10. The molecule has 8 nitrogen and oxygen atoms in total. The van der Waals surface area contributed by atoms with Gasteiger partial charge in [0.25, 0.3) is 0 Å². The summed E-state index contributed by atoms with van der Waals surface area (Å²) in [6.07, 6.45) is 0. The summed E-state index contributed by atoms with van der Waals surface area (Å²) < 4.78 is 30.9. The number of nitrogens with zero attached hydrogens (tertiary/aromatic N) is 1. The van der Waals surface area contributed by atoms with Crippen LogP contribution in [0, 0.1) is 16.0 Å². The third-order valence-electron chi connectivity index (χ3n) is 2.25. The summed E-state index contributed by atoms with van der Waals surface area (Å²) in [5, 5.41) is 10.5. The second-order valence-corrected chi connectivity index (χ2v) is 7.06. The van der Waals surface area contributed by atoms with Crippen molar-refractivity contribution in [3.63, 3.8) is 0 Å². The molecule has 0 aliphatic heterocycles. The van der Waals surface area contributed by atoms with Gasteiger partial charge in [-0.15, -0.1) is 0 Å². The first kappa shape index (κ1) is 15.8. The lowest BCUT2D eigenvalue weighted by atomic mass is 10.2. The van der Waals surface area contributed by atoms with Crippen molar-refractivity contribution in [3.8, 4) is 0 Å². The number of anilines is 1. The number of hydrogen-bond acceptors (Lipinski definition) is 7. The first-order chi connectivity index (χ1) is 8.77. The van der Waals surface area contributed by atoms with E-state index in [1.54, 1.807) is 0 Å². The zero-order valence-electron chi connectivity index (χ0n) is 10.5.